The highest BCUT2D eigenvalue weighted by Gasteiger charge is 2.08. The summed E-state index contributed by atoms with van der Waals surface area (Å²) in [6, 6.07) is 11.9. The highest BCUT2D eigenvalue weighted by Crippen LogP contribution is 2.07. The summed E-state index contributed by atoms with van der Waals surface area (Å²) >= 11 is 0. The fraction of sp³-hybridized carbons (Fsp3) is 0.188. The summed E-state index contributed by atoms with van der Waals surface area (Å²) in [5.74, 6) is -1.05. The zero-order valence-electron chi connectivity index (χ0n) is 11.7. The van der Waals surface area contributed by atoms with E-state index in [1.807, 2.05) is 24.3 Å². The van der Waals surface area contributed by atoms with Crippen molar-refractivity contribution >= 4 is 12.0 Å². The van der Waals surface area contributed by atoms with E-state index < -0.39 is 11.7 Å². The molecule has 0 aliphatic carbocycles. The summed E-state index contributed by atoms with van der Waals surface area (Å²) < 4.78 is 4.41. The number of esters is 1. The zero-order valence-corrected chi connectivity index (χ0v) is 11.7. The minimum absolute atomic E-state index is 0.281. The second kappa shape index (κ2) is 7.19. The van der Waals surface area contributed by atoms with Crippen LogP contribution < -0.4 is 0 Å². The number of hydrogen-bond acceptors (Lipinski definition) is 5. The molecule has 0 saturated carbocycles. The van der Waals surface area contributed by atoms with Crippen LogP contribution in [0.3, 0.4) is 0 Å². The van der Waals surface area contributed by atoms with Crippen LogP contribution >= 0.6 is 0 Å². The van der Waals surface area contributed by atoms with E-state index in [9.17, 15) is 9.90 Å². The van der Waals surface area contributed by atoms with Gasteiger partial charge < -0.3 is 9.84 Å². The number of aryl methyl sites for hydroxylation is 2. The zero-order chi connectivity index (χ0) is 15.1. The van der Waals surface area contributed by atoms with E-state index in [1.54, 1.807) is 6.20 Å². The molecule has 2 rings (SSSR count). The van der Waals surface area contributed by atoms with Crippen LogP contribution in [0.15, 0.2) is 48.4 Å². The van der Waals surface area contributed by atoms with Crippen LogP contribution in [-0.2, 0) is 22.4 Å². The van der Waals surface area contributed by atoms with E-state index in [-0.39, 0.29) is 5.82 Å². The number of aliphatic hydroxyl groups excluding tert-OH is 1. The first-order valence-corrected chi connectivity index (χ1v) is 6.54. The summed E-state index contributed by atoms with van der Waals surface area (Å²) in [5.41, 5.74) is 2.07. The van der Waals surface area contributed by atoms with Gasteiger partial charge in [0.15, 0.2) is 5.82 Å². The maximum atomic E-state index is 11.1. The number of carbonyl (C=O) groups is 1. The molecule has 0 spiro atoms. The van der Waals surface area contributed by atoms with Crippen molar-refractivity contribution in [2.45, 2.75) is 12.8 Å². The van der Waals surface area contributed by atoms with E-state index in [2.05, 4.69) is 26.8 Å². The van der Waals surface area contributed by atoms with Crippen LogP contribution in [0.4, 0.5) is 0 Å². The van der Waals surface area contributed by atoms with Gasteiger partial charge in [-0.3, -0.25) is 0 Å². The molecule has 21 heavy (non-hydrogen) atoms. The van der Waals surface area contributed by atoms with Crippen molar-refractivity contribution in [3.05, 3.63) is 65.4 Å². The molecule has 1 aromatic carbocycles. The number of carbonyl (C=O) groups excluding carboxylic acids is 1. The first-order valence-electron chi connectivity index (χ1n) is 6.54. The lowest BCUT2D eigenvalue weighted by molar-refractivity contribution is -0.138. The first kappa shape index (κ1) is 14.7. The monoisotopic (exact) mass is 284 g/mol. The number of aliphatic hydroxyl groups is 1. The number of nitrogens with zero attached hydrogens (tertiary/aromatic N) is 2. The van der Waals surface area contributed by atoms with Crippen molar-refractivity contribution < 1.29 is 14.6 Å². The number of rotatable bonds is 5. The van der Waals surface area contributed by atoms with E-state index in [0.29, 0.717) is 0 Å². The Labute approximate surface area is 122 Å². The molecule has 1 aromatic heterocycles. The average molecular weight is 284 g/mol. The first-order chi connectivity index (χ1) is 10.2. The number of aromatic nitrogens is 2. The second-order valence-corrected chi connectivity index (χ2v) is 4.41. The SMILES string of the molecule is COC(=O)C(O)=Cc1nccc(CCc2ccccc2)n1. The van der Waals surface area contributed by atoms with Gasteiger partial charge in [-0.15, -0.1) is 0 Å². The van der Waals surface area contributed by atoms with Gasteiger partial charge in [0.05, 0.1) is 7.11 Å². The minimum Gasteiger partial charge on any atom is -0.502 e. The van der Waals surface area contributed by atoms with Crippen molar-refractivity contribution in [3.8, 4) is 0 Å². The molecule has 5 heteroatoms. The Hall–Kier alpha value is -2.69. The highest BCUT2D eigenvalue weighted by molar-refractivity contribution is 5.90. The Morgan fingerprint density at radius 1 is 1.24 bits per heavy atom. The normalized spacial score (nSPS) is 11.2. The molecule has 0 radical (unpaired) electrons. The van der Waals surface area contributed by atoms with Gasteiger partial charge in [-0.2, -0.15) is 0 Å². The topological polar surface area (TPSA) is 72.3 Å². The van der Waals surface area contributed by atoms with Gasteiger partial charge >= 0.3 is 5.97 Å². The molecule has 0 aliphatic heterocycles. The number of ether oxygens (including phenoxy) is 1. The largest absolute Gasteiger partial charge is 0.502 e. The average Bonchev–Trinajstić information content (AvgIpc) is 2.53. The number of benzene rings is 1. The number of hydrogen-bond donors (Lipinski definition) is 1. The van der Waals surface area contributed by atoms with Crippen molar-refractivity contribution in [3.63, 3.8) is 0 Å². The van der Waals surface area contributed by atoms with Crippen molar-refractivity contribution in [1.29, 1.82) is 0 Å². The van der Waals surface area contributed by atoms with Gasteiger partial charge in [-0.1, -0.05) is 30.3 Å². The molecule has 1 N–H and O–H groups in total. The van der Waals surface area contributed by atoms with E-state index >= 15 is 0 Å². The predicted molar refractivity (Wildman–Crippen MR) is 78.5 cm³/mol. The molecule has 0 aliphatic rings. The summed E-state index contributed by atoms with van der Waals surface area (Å²) in [5, 5.41) is 9.48. The molecule has 0 fully saturated rings. The maximum Gasteiger partial charge on any atom is 0.373 e. The fourth-order valence-electron chi connectivity index (χ4n) is 1.82. The molecule has 0 unspecified atom stereocenters. The third kappa shape index (κ3) is 4.42. The van der Waals surface area contributed by atoms with Crippen molar-refractivity contribution in [1.82, 2.24) is 9.97 Å². The quantitative estimate of drug-likeness (QED) is 0.518. The molecular weight excluding hydrogens is 268 g/mol. The van der Waals surface area contributed by atoms with Gasteiger partial charge in [0.1, 0.15) is 0 Å². The Morgan fingerprint density at radius 3 is 2.71 bits per heavy atom. The van der Waals surface area contributed by atoms with Crippen LogP contribution in [0.25, 0.3) is 6.08 Å². The van der Waals surface area contributed by atoms with Crippen molar-refractivity contribution in [2.24, 2.45) is 0 Å². The van der Waals surface area contributed by atoms with Gasteiger partial charge in [0.25, 0.3) is 0 Å². The summed E-state index contributed by atoms with van der Waals surface area (Å²) in [6.07, 6.45) is 4.41. The standard InChI is InChI=1S/C16H16N2O3/c1-21-16(20)14(19)11-15-17-10-9-13(18-15)8-7-12-5-3-2-4-6-12/h2-6,9-11,19H,7-8H2,1H3. The Balaban J connectivity index is 2.06. The van der Waals surface area contributed by atoms with Crippen LogP contribution in [0, 0.1) is 0 Å². The molecule has 108 valence electrons. The third-order valence-corrected chi connectivity index (χ3v) is 2.90. The van der Waals surface area contributed by atoms with Gasteiger partial charge in [-0.05, 0) is 24.5 Å². The Bertz CT molecular complexity index is 639. The lowest BCUT2D eigenvalue weighted by Crippen LogP contribution is -2.05. The molecule has 0 amide bonds. The lowest BCUT2D eigenvalue weighted by Gasteiger charge is -2.02. The van der Waals surface area contributed by atoms with Crippen LogP contribution in [0.1, 0.15) is 17.1 Å². The van der Waals surface area contributed by atoms with Crippen LogP contribution in [0.5, 0.6) is 0 Å². The predicted octanol–water partition coefficient (Wildman–Crippen LogP) is 2.33. The summed E-state index contributed by atoms with van der Waals surface area (Å²) in [7, 11) is 1.20. The summed E-state index contributed by atoms with van der Waals surface area (Å²) in [6.45, 7) is 0. The van der Waals surface area contributed by atoms with Crippen molar-refractivity contribution in [2.75, 3.05) is 7.11 Å². The van der Waals surface area contributed by atoms with Gasteiger partial charge in [0, 0.05) is 18.0 Å². The minimum atomic E-state index is -0.812. The number of methoxy groups -OCH3 is 1. The van der Waals surface area contributed by atoms with E-state index in [1.165, 1.54) is 18.7 Å². The van der Waals surface area contributed by atoms with Gasteiger partial charge in [-0.25, -0.2) is 14.8 Å². The van der Waals surface area contributed by atoms with Crippen LogP contribution in [0.2, 0.25) is 0 Å². The second-order valence-electron chi connectivity index (χ2n) is 4.41. The fourth-order valence-corrected chi connectivity index (χ4v) is 1.82. The Kier molecular flexibility index (Phi) is 5.04. The van der Waals surface area contributed by atoms with E-state index in [4.69, 9.17) is 0 Å². The summed E-state index contributed by atoms with van der Waals surface area (Å²) in [4.78, 5) is 19.4. The smallest absolute Gasteiger partial charge is 0.373 e. The molecule has 0 saturated heterocycles. The molecule has 0 bridgehead atoms. The lowest BCUT2D eigenvalue weighted by atomic mass is 10.1. The molecule has 1 heterocycles. The molecule has 0 atom stereocenters. The third-order valence-electron chi connectivity index (χ3n) is 2.90. The molecular formula is C16H16N2O3. The molecule has 2 aromatic rings. The van der Waals surface area contributed by atoms with Gasteiger partial charge in [0.2, 0.25) is 5.76 Å². The molecule has 5 nitrogen and oxygen atoms in total. The van der Waals surface area contributed by atoms with E-state index in [0.717, 1.165) is 18.5 Å². The Morgan fingerprint density at radius 2 is 2.00 bits per heavy atom. The maximum absolute atomic E-state index is 11.1. The van der Waals surface area contributed by atoms with Crippen LogP contribution in [-0.4, -0.2) is 28.2 Å². The highest BCUT2D eigenvalue weighted by atomic mass is 16.5.